The quantitative estimate of drug-likeness (QED) is 0.529. The van der Waals surface area contributed by atoms with Gasteiger partial charge in [-0.05, 0) is 16.6 Å². The van der Waals surface area contributed by atoms with Crippen molar-refractivity contribution in [1.29, 1.82) is 0 Å². The van der Waals surface area contributed by atoms with Crippen molar-refractivity contribution in [1.82, 2.24) is 9.71 Å². The minimum atomic E-state index is -1.98. The van der Waals surface area contributed by atoms with E-state index in [-0.39, 0.29) is 6.10 Å². The van der Waals surface area contributed by atoms with E-state index >= 15 is 0 Å². The standard InChI is InChI=1S/C16H30N2O2Si/c1-9-15(16-17-10-11-18(16)19-8)20-21(12(2)3,13(4)5)14(6)7/h9-15H,1H2,2-8H3. The van der Waals surface area contributed by atoms with Gasteiger partial charge >= 0.3 is 0 Å². The highest BCUT2D eigenvalue weighted by Crippen LogP contribution is 2.45. The molecule has 0 amide bonds. The van der Waals surface area contributed by atoms with Crippen molar-refractivity contribution in [3.63, 3.8) is 0 Å². The summed E-state index contributed by atoms with van der Waals surface area (Å²) in [5, 5.41) is 0. The number of nitrogens with zero attached hydrogens (tertiary/aromatic N) is 2. The van der Waals surface area contributed by atoms with Crippen molar-refractivity contribution in [3.05, 3.63) is 30.9 Å². The van der Waals surface area contributed by atoms with Crippen molar-refractivity contribution in [2.45, 2.75) is 64.3 Å². The largest absolute Gasteiger partial charge is 0.416 e. The Hall–Kier alpha value is -1.07. The van der Waals surface area contributed by atoms with Crippen LogP contribution in [0.5, 0.6) is 0 Å². The third-order valence-corrected chi connectivity index (χ3v) is 10.4. The summed E-state index contributed by atoms with van der Waals surface area (Å²) in [5.41, 5.74) is 1.56. The van der Waals surface area contributed by atoms with Crippen molar-refractivity contribution < 1.29 is 9.26 Å². The number of imidazole rings is 1. The molecule has 1 aromatic heterocycles. The summed E-state index contributed by atoms with van der Waals surface area (Å²) >= 11 is 0. The molecule has 0 N–H and O–H groups in total. The Morgan fingerprint density at radius 1 is 1.14 bits per heavy atom. The van der Waals surface area contributed by atoms with Crippen molar-refractivity contribution in [2.24, 2.45) is 0 Å². The zero-order valence-electron chi connectivity index (χ0n) is 14.5. The molecule has 120 valence electrons. The van der Waals surface area contributed by atoms with Crippen LogP contribution < -0.4 is 4.84 Å². The second kappa shape index (κ2) is 7.27. The van der Waals surface area contributed by atoms with Crippen LogP contribution in [0.3, 0.4) is 0 Å². The van der Waals surface area contributed by atoms with Gasteiger partial charge in [0, 0.05) is 6.20 Å². The molecular formula is C16H30N2O2Si. The molecule has 21 heavy (non-hydrogen) atoms. The molecule has 0 saturated carbocycles. The molecule has 0 fully saturated rings. The van der Waals surface area contributed by atoms with Crippen LogP contribution in [0.2, 0.25) is 16.6 Å². The fourth-order valence-electron chi connectivity index (χ4n) is 3.49. The molecule has 0 radical (unpaired) electrons. The number of rotatable bonds is 8. The van der Waals surface area contributed by atoms with Gasteiger partial charge in [-0.25, -0.2) is 4.98 Å². The Labute approximate surface area is 130 Å². The molecule has 0 aliphatic heterocycles. The van der Waals surface area contributed by atoms with Crippen LogP contribution in [0.15, 0.2) is 25.0 Å². The first-order valence-electron chi connectivity index (χ1n) is 7.69. The molecule has 0 spiro atoms. The predicted molar refractivity (Wildman–Crippen MR) is 89.8 cm³/mol. The van der Waals surface area contributed by atoms with Gasteiger partial charge in [0.05, 0.1) is 6.20 Å². The summed E-state index contributed by atoms with van der Waals surface area (Å²) < 4.78 is 8.36. The monoisotopic (exact) mass is 310 g/mol. The van der Waals surface area contributed by atoms with Crippen molar-refractivity contribution in [2.75, 3.05) is 7.11 Å². The smallest absolute Gasteiger partial charge is 0.201 e. The number of hydrogen-bond donors (Lipinski definition) is 0. The maximum atomic E-state index is 6.72. The molecule has 0 saturated heterocycles. The van der Waals surface area contributed by atoms with Crippen LogP contribution >= 0.6 is 0 Å². The average Bonchev–Trinajstić information content (AvgIpc) is 2.87. The van der Waals surface area contributed by atoms with E-state index in [1.807, 2.05) is 6.08 Å². The first-order chi connectivity index (χ1) is 9.81. The molecule has 0 aromatic carbocycles. The first-order valence-corrected chi connectivity index (χ1v) is 9.83. The lowest BCUT2D eigenvalue weighted by atomic mass is 10.3. The SMILES string of the molecule is C=CC(O[Si](C(C)C)(C(C)C)C(C)C)c1nccn1OC. The van der Waals surface area contributed by atoms with Crippen molar-refractivity contribution >= 4 is 8.32 Å². The highest BCUT2D eigenvalue weighted by Gasteiger charge is 2.47. The molecule has 1 atom stereocenters. The Morgan fingerprint density at radius 2 is 1.67 bits per heavy atom. The molecule has 4 nitrogen and oxygen atoms in total. The minimum absolute atomic E-state index is 0.237. The maximum absolute atomic E-state index is 6.72. The van der Waals surface area contributed by atoms with E-state index in [0.29, 0.717) is 16.6 Å². The molecule has 1 heterocycles. The predicted octanol–water partition coefficient (Wildman–Crippen LogP) is 4.36. The van der Waals surface area contributed by atoms with E-state index in [0.717, 1.165) is 5.82 Å². The highest BCUT2D eigenvalue weighted by molar-refractivity contribution is 6.77. The van der Waals surface area contributed by atoms with Gasteiger partial charge < -0.3 is 9.26 Å². The minimum Gasteiger partial charge on any atom is -0.416 e. The second-order valence-electron chi connectivity index (χ2n) is 6.39. The summed E-state index contributed by atoms with van der Waals surface area (Å²) in [7, 11) is -0.355. The van der Waals surface area contributed by atoms with Crippen molar-refractivity contribution in [3.8, 4) is 0 Å². The third kappa shape index (κ3) is 3.40. The van der Waals surface area contributed by atoms with Gasteiger partial charge in [0.25, 0.3) is 0 Å². The molecule has 0 aliphatic rings. The highest BCUT2D eigenvalue weighted by atomic mass is 28.4. The summed E-state index contributed by atoms with van der Waals surface area (Å²) in [5.74, 6) is 0.756. The van der Waals surface area contributed by atoms with Gasteiger partial charge in [-0.2, -0.15) is 4.73 Å². The van der Waals surface area contributed by atoms with Gasteiger partial charge in [-0.3, -0.25) is 0 Å². The molecule has 0 bridgehead atoms. The first kappa shape index (κ1) is 18.0. The van der Waals surface area contributed by atoms with Crippen LogP contribution in [-0.2, 0) is 4.43 Å². The summed E-state index contributed by atoms with van der Waals surface area (Å²) in [6.07, 6.45) is 5.10. The number of hydrogen-bond acceptors (Lipinski definition) is 3. The fourth-order valence-corrected chi connectivity index (χ4v) is 8.95. The zero-order valence-corrected chi connectivity index (χ0v) is 15.5. The maximum Gasteiger partial charge on any atom is 0.201 e. The lowest BCUT2D eigenvalue weighted by Crippen LogP contribution is -2.48. The second-order valence-corrected chi connectivity index (χ2v) is 11.8. The lowest BCUT2D eigenvalue weighted by Gasteiger charge is -2.43. The molecular weight excluding hydrogens is 280 g/mol. The molecule has 1 rings (SSSR count). The van der Waals surface area contributed by atoms with E-state index in [2.05, 4.69) is 53.1 Å². The Kier molecular flexibility index (Phi) is 6.22. The van der Waals surface area contributed by atoms with E-state index in [9.17, 15) is 0 Å². The third-order valence-electron chi connectivity index (χ3n) is 4.34. The molecule has 1 aromatic rings. The van der Waals surface area contributed by atoms with Gasteiger partial charge in [0.1, 0.15) is 13.2 Å². The Balaban J connectivity index is 3.19. The van der Waals surface area contributed by atoms with Crippen LogP contribution in [-0.4, -0.2) is 25.1 Å². The Bertz CT molecular complexity index is 433. The van der Waals surface area contributed by atoms with E-state index < -0.39 is 8.32 Å². The van der Waals surface area contributed by atoms with Crippen LogP contribution in [0.25, 0.3) is 0 Å². The van der Waals surface area contributed by atoms with Gasteiger partial charge in [-0.1, -0.05) is 47.6 Å². The van der Waals surface area contributed by atoms with Gasteiger partial charge in [-0.15, -0.1) is 6.58 Å². The summed E-state index contributed by atoms with van der Waals surface area (Å²) in [6.45, 7) is 17.6. The van der Waals surface area contributed by atoms with Gasteiger partial charge in [0.15, 0.2) is 5.82 Å². The fraction of sp³-hybridized carbons (Fsp3) is 0.688. The van der Waals surface area contributed by atoms with Crippen LogP contribution in [0.1, 0.15) is 53.5 Å². The van der Waals surface area contributed by atoms with E-state index in [1.54, 1.807) is 24.2 Å². The lowest BCUT2D eigenvalue weighted by molar-refractivity contribution is 0.125. The summed E-state index contributed by atoms with van der Waals surface area (Å²) in [4.78, 5) is 9.69. The average molecular weight is 311 g/mol. The summed E-state index contributed by atoms with van der Waals surface area (Å²) in [6, 6.07) is 0. The van der Waals surface area contributed by atoms with Crippen LogP contribution in [0, 0.1) is 0 Å². The molecule has 5 heteroatoms. The van der Waals surface area contributed by atoms with Gasteiger partial charge in [0.2, 0.25) is 8.32 Å². The topological polar surface area (TPSA) is 36.3 Å². The zero-order chi connectivity index (χ0) is 16.2. The normalized spacial score (nSPS) is 14.0. The Morgan fingerprint density at radius 3 is 2.05 bits per heavy atom. The number of aromatic nitrogens is 2. The van der Waals surface area contributed by atoms with E-state index in [1.165, 1.54) is 0 Å². The molecule has 1 unspecified atom stereocenters. The molecule has 0 aliphatic carbocycles. The van der Waals surface area contributed by atoms with E-state index in [4.69, 9.17) is 9.26 Å². The van der Waals surface area contributed by atoms with Crippen LogP contribution in [0.4, 0.5) is 0 Å².